The van der Waals surface area contributed by atoms with E-state index in [4.69, 9.17) is 5.73 Å². The maximum Gasteiger partial charge on any atom is 0.179 e. The van der Waals surface area contributed by atoms with Crippen molar-refractivity contribution in [2.24, 2.45) is 0 Å². The first-order valence-electron chi connectivity index (χ1n) is 3.92. The minimum absolute atomic E-state index is 0.0814. The second-order valence-electron chi connectivity index (χ2n) is 2.78. The molecule has 0 radical (unpaired) electrons. The molecule has 0 aliphatic rings. The Kier molecular flexibility index (Phi) is 2.56. The summed E-state index contributed by atoms with van der Waals surface area (Å²) in [5.41, 5.74) is 6.16. The summed E-state index contributed by atoms with van der Waals surface area (Å²) in [4.78, 5) is 4.03. The Hall–Kier alpha value is -1.10. The van der Waals surface area contributed by atoms with Crippen LogP contribution < -0.4 is 5.73 Å². The highest BCUT2D eigenvalue weighted by molar-refractivity contribution is 7.91. The molecule has 0 spiro atoms. The third-order valence-electron chi connectivity index (χ3n) is 1.83. The van der Waals surface area contributed by atoms with E-state index in [2.05, 4.69) is 4.98 Å². The summed E-state index contributed by atoms with van der Waals surface area (Å²) >= 11 is 0. The van der Waals surface area contributed by atoms with Gasteiger partial charge in [0.25, 0.3) is 0 Å². The van der Waals surface area contributed by atoms with E-state index >= 15 is 0 Å². The second kappa shape index (κ2) is 3.33. The van der Waals surface area contributed by atoms with E-state index in [0.29, 0.717) is 11.4 Å². The summed E-state index contributed by atoms with van der Waals surface area (Å²) in [5.74, 6) is 0.452. The molecule has 0 aliphatic carbocycles. The van der Waals surface area contributed by atoms with Gasteiger partial charge < -0.3 is 5.73 Å². The van der Waals surface area contributed by atoms with Gasteiger partial charge in [0.15, 0.2) is 9.84 Å². The standard InChI is InChI=1S/C8H12N2O2S/c1-3-13(11,12)7-4-6(2)8(9)10-5-7/h4-5H,3H2,1-2H3,(H2,9,10). The largest absolute Gasteiger partial charge is 0.383 e. The number of pyridine rings is 1. The fraction of sp³-hybridized carbons (Fsp3) is 0.375. The van der Waals surface area contributed by atoms with Crippen molar-refractivity contribution >= 4 is 15.7 Å². The highest BCUT2D eigenvalue weighted by atomic mass is 32.2. The Morgan fingerprint density at radius 1 is 1.54 bits per heavy atom. The molecule has 72 valence electrons. The topological polar surface area (TPSA) is 73.0 Å². The lowest BCUT2D eigenvalue weighted by Gasteiger charge is -2.03. The normalized spacial score (nSPS) is 11.5. The molecule has 0 fully saturated rings. The van der Waals surface area contributed by atoms with Gasteiger partial charge >= 0.3 is 0 Å². The second-order valence-corrected chi connectivity index (χ2v) is 5.05. The van der Waals surface area contributed by atoms with Crippen LogP contribution in [0.1, 0.15) is 12.5 Å². The van der Waals surface area contributed by atoms with Crippen LogP contribution in [0.4, 0.5) is 5.82 Å². The summed E-state index contributed by atoms with van der Waals surface area (Å²) in [6.45, 7) is 3.33. The van der Waals surface area contributed by atoms with Gasteiger partial charge in [-0.2, -0.15) is 0 Å². The lowest BCUT2D eigenvalue weighted by molar-refractivity contribution is 0.597. The van der Waals surface area contributed by atoms with E-state index in [0.717, 1.165) is 0 Å². The van der Waals surface area contributed by atoms with Gasteiger partial charge in [0, 0.05) is 6.20 Å². The molecule has 4 nitrogen and oxygen atoms in total. The molecular weight excluding hydrogens is 188 g/mol. The molecule has 1 aromatic heterocycles. The Morgan fingerprint density at radius 3 is 2.62 bits per heavy atom. The predicted molar refractivity (Wildman–Crippen MR) is 51.1 cm³/mol. The molecule has 0 saturated carbocycles. The fourth-order valence-corrected chi connectivity index (χ4v) is 1.80. The summed E-state index contributed by atoms with van der Waals surface area (Å²) in [7, 11) is -3.16. The number of hydrogen-bond donors (Lipinski definition) is 1. The Balaban J connectivity index is 3.27. The van der Waals surface area contributed by atoms with Gasteiger partial charge in [0.1, 0.15) is 5.82 Å². The first-order valence-corrected chi connectivity index (χ1v) is 5.57. The van der Waals surface area contributed by atoms with Crippen LogP contribution in [-0.4, -0.2) is 19.2 Å². The molecular formula is C8H12N2O2S. The van der Waals surface area contributed by atoms with Gasteiger partial charge in [0.2, 0.25) is 0 Å². The van der Waals surface area contributed by atoms with E-state index < -0.39 is 9.84 Å². The van der Waals surface area contributed by atoms with Gasteiger partial charge in [-0.1, -0.05) is 6.92 Å². The monoisotopic (exact) mass is 200 g/mol. The molecule has 0 atom stereocenters. The summed E-state index contributed by atoms with van der Waals surface area (Å²) in [6, 6.07) is 1.54. The maximum atomic E-state index is 11.4. The third kappa shape index (κ3) is 1.98. The number of nitrogens with zero attached hydrogens (tertiary/aromatic N) is 1. The summed E-state index contributed by atoms with van der Waals surface area (Å²) in [6.07, 6.45) is 1.29. The number of anilines is 1. The number of nitrogen functional groups attached to an aromatic ring is 1. The number of nitrogens with two attached hydrogens (primary N) is 1. The van der Waals surface area contributed by atoms with Crippen LogP contribution in [0, 0.1) is 6.92 Å². The molecule has 1 aromatic rings. The molecule has 1 heterocycles. The minimum atomic E-state index is -3.16. The Labute approximate surface area is 77.7 Å². The molecule has 5 heteroatoms. The number of rotatable bonds is 2. The number of aromatic nitrogens is 1. The molecule has 0 aliphatic heterocycles. The number of aryl methyl sites for hydroxylation is 1. The van der Waals surface area contributed by atoms with Crippen molar-refractivity contribution in [3.8, 4) is 0 Å². The van der Waals surface area contributed by atoms with Crippen LogP contribution >= 0.6 is 0 Å². The highest BCUT2D eigenvalue weighted by Crippen LogP contribution is 2.14. The van der Waals surface area contributed by atoms with Crippen molar-refractivity contribution in [2.75, 3.05) is 11.5 Å². The average molecular weight is 200 g/mol. The van der Waals surface area contributed by atoms with E-state index in [-0.39, 0.29) is 10.6 Å². The predicted octanol–water partition coefficient (Wildman–Crippen LogP) is 0.766. The van der Waals surface area contributed by atoms with E-state index in [1.54, 1.807) is 19.9 Å². The lowest BCUT2D eigenvalue weighted by Crippen LogP contribution is -2.05. The van der Waals surface area contributed by atoms with Gasteiger partial charge in [0.05, 0.1) is 10.6 Å². The van der Waals surface area contributed by atoms with Crippen LogP contribution in [0.2, 0.25) is 0 Å². The van der Waals surface area contributed by atoms with E-state index in [1.807, 2.05) is 0 Å². The van der Waals surface area contributed by atoms with Crippen LogP contribution in [0.5, 0.6) is 0 Å². The van der Waals surface area contributed by atoms with Crippen LogP contribution in [0.25, 0.3) is 0 Å². The van der Waals surface area contributed by atoms with Gasteiger partial charge in [-0.3, -0.25) is 0 Å². The SMILES string of the molecule is CCS(=O)(=O)c1cnc(N)c(C)c1. The Bertz CT molecular complexity index is 412. The third-order valence-corrected chi connectivity index (χ3v) is 3.53. The van der Waals surface area contributed by atoms with Crippen molar-refractivity contribution in [3.63, 3.8) is 0 Å². The molecule has 0 aromatic carbocycles. The van der Waals surface area contributed by atoms with E-state index in [9.17, 15) is 8.42 Å². The first-order chi connectivity index (χ1) is 5.97. The minimum Gasteiger partial charge on any atom is -0.383 e. The lowest BCUT2D eigenvalue weighted by atomic mass is 10.3. The van der Waals surface area contributed by atoms with Gasteiger partial charge in [-0.15, -0.1) is 0 Å². The molecule has 0 saturated heterocycles. The van der Waals surface area contributed by atoms with Crippen molar-refractivity contribution in [1.29, 1.82) is 0 Å². The quantitative estimate of drug-likeness (QED) is 0.765. The summed E-state index contributed by atoms with van der Waals surface area (Å²) < 4.78 is 22.8. The van der Waals surface area contributed by atoms with Crippen LogP contribution in [-0.2, 0) is 9.84 Å². The van der Waals surface area contributed by atoms with Crippen molar-refractivity contribution in [3.05, 3.63) is 17.8 Å². The number of sulfone groups is 1. The smallest absolute Gasteiger partial charge is 0.179 e. The van der Waals surface area contributed by atoms with Crippen molar-refractivity contribution < 1.29 is 8.42 Å². The van der Waals surface area contributed by atoms with E-state index in [1.165, 1.54) is 6.20 Å². The van der Waals surface area contributed by atoms with Crippen LogP contribution in [0.15, 0.2) is 17.2 Å². The molecule has 1 rings (SSSR count). The van der Waals surface area contributed by atoms with Crippen molar-refractivity contribution in [2.45, 2.75) is 18.7 Å². The number of hydrogen-bond acceptors (Lipinski definition) is 4. The maximum absolute atomic E-state index is 11.4. The zero-order chi connectivity index (χ0) is 10.1. The summed E-state index contributed by atoms with van der Waals surface area (Å²) in [5, 5.41) is 0. The molecule has 13 heavy (non-hydrogen) atoms. The fourth-order valence-electron chi connectivity index (χ4n) is 0.896. The molecule has 0 bridgehead atoms. The van der Waals surface area contributed by atoms with Gasteiger partial charge in [-0.25, -0.2) is 13.4 Å². The zero-order valence-electron chi connectivity index (χ0n) is 7.61. The average Bonchev–Trinajstić information content (AvgIpc) is 2.09. The van der Waals surface area contributed by atoms with Gasteiger partial charge in [-0.05, 0) is 18.6 Å². The van der Waals surface area contributed by atoms with Crippen molar-refractivity contribution in [1.82, 2.24) is 4.98 Å². The zero-order valence-corrected chi connectivity index (χ0v) is 8.43. The highest BCUT2D eigenvalue weighted by Gasteiger charge is 2.12. The molecule has 0 amide bonds. The molecule has 0 unspecified atom stereocenters. The molecule has 2 N–H and O–H groups in total. The Morgan fingerprint density at radius 2 is 2.15 bits per heavy atom. The first kappa shape index (κ1) is 9.98. The van der Waals surface area contributed by atoms with Crippen LogP contribution in [0.3, 0.4) is 0 Å².